The number of hydrogen-bond donors (Lipinski definition) is 1. The molecule has 0 heterocycles. The van der Waals surface area contributed by atoms with Gasteiger partial charge in [-0.25, -0.2) is 0 Å². The maximum atomic E-state index is 11.8. The average molecular weight is 262 g/mol. The molecule has 1 N–H and O–H groups in total. The third-order valence-corrected chi connectivity index (χ3v) is 4.26. The number of carboxylic acids is 1. The van der Waals surface area contributed by atoms with E-state index in [-0.39, 0.29) is 0 Å². The third kappa shape index (κ3) is 2.75. The van der Waals surface area contributed by atoms with Gasteiger partial charge in [0.25, 0.3) is 0 Å². The minimum atomic E-state index is -0.697. The lowest BCUT2D eigenvalue weighted by Gasteiger charge is -2.36. The van der Waals surface area contributed by atoms with Crippen molar-refractivity contribution in [1.29, 1.82) is 0 Å². The van der Waals surface area contributed by atoms with Gasteiger partial charge in [-0.15, -0.1) is 0 Å². The molecule has 0 amide bonds. The molecule has 3 nitrogen and oxygen atoms in total. The number of rotatable bonds is 4. The average Bonchev–Trinajstić information content (AvgIpc) is 2.41. The maximum Gasteiger partial charge on any atom is 0.314 e. The first-order chi connectivity index (χ1) is 9.08. The zero-order valence-electron chi connectivity index (χ0n) is 11.7. The van der Waals surface area contributed by atoms with Crippen LogP contribution in [0.4, 0.5) is 0 Å². The summed E-state index contributed by atoms with van der Waals surface area (Å²) in [7, 11) is 0. The molecule has 1 aliphatic carbocycles. The van der Waals surface area contributed by atoms with Crippen LogP contribution in [0.15, 0.2) is 24.3 Å². The molecule has 0 spiro atoms. The van der Waals surface area contributed by atoms with Crippen molar-refractivity contribution in [2.45, 2.75) is 44.9 Å². The van der Waals surface area contributed by atoms with Crippen molar-refractivity contribution in [2.24, 2.45) is 5.92 Å². The van der Waals surface area contributed by atoms with Crippen LogP contribution >= 0.6 is 0 Å². The largest absolute Gasteiger partial charge is 0.494 e. The molecule has 19 heavy (non-hydrogen) atoms. The zero-order valence-corrected chi connectivity index (χ0v) is 11.7. The number of ether oxygens (including phenoxy) is 1. The van der Waals surface area contributed by atoms with Gasteiger partial charge in [-0.2, -0.15) is 0 Å². The Morgan fingerprint density at radius 1 is 1.32 bits per heavy atom. The second-order valence-electron chi connectivity index (χ2n) is 5.53. The van der Waals surface area contributed by atoms with Crippen molar-refractivity contribution in [2.75, 3.05) is 6.61 Å². The molecule has 2 rings (SSSR count). The summed E-state index contributed by atoms with van der Waals surface area (Å²) >= 11 is 0. The van der Waals surface area contributed by atoms with Crippen molar-refractivity contribution in [3.8, 4) is 5.75 Å². The van der Waals surface area contributed by atoms with Gasteiger partial charge in [-0.3, -0.25) is 4.79 Å². The highest BCUT2D eigenvalue weighted by atomic mass is 16.5. The van der Waals surface area contributed by atoms with Crippen LogP contribution in [0.1, 0.15) is 45.1 Å². The molecule has 0 unspecified atom stereocenters. The van der Waals surface area contributed by atoms with Crippen LogP contribution < -0.4 is 4.74 Å². The van der Waals surface area contributed by atoms with E-state index in [1.807, 2.05) is 31.2 Å². The monoisotopic (exact) mass is 262 g/mol. The number of aliphatic carboxylic acids is 1. The first-order valence-corrected chi connectivity index (χ1v) is 7.05. The molecule has 0 radical (unpaired) electrons. The van der Waals surface area contributed by atoms with Gasteiger partial charge in [-0.05, 0) is 56.2 Å². The fraction of sp³-hybridized carbons (Fsp3) is 0.562. The molecule has 3 heteroatoms. The SMILES string of the molecule is CCOc1ccc(C2(C(=O)O)CCC(C)CC2)cc1. The summed E-state index contributed by atoms with van der Waals surface area (Å²) in [5.74, 6) is 0.745. The second-order valence-corrected chi connectivity index (χ2v) is 5.53. The standard InChI is InChI=1S/C16H22O3/c1-3-19-14-6-4-13(5-7-14)16(15(17)18)10-8-12(2)9-11-16/h4-7,12H,3,8-11H2,1-2H3,(H,17,18). The Morgan fingerprint density at radius 2 is 1.89 bits per heavy atom. The molecule has 0 bridgehead atoms. The fourth-order valence-electron chi connectivity index (χ4n) is 2.92. The Morgan fingerprint density at radius 3 is 2.37 bits per heavy atom. The molecule has 1 aliphatic rings. The van der Waals surface area contributed by atoms with E-state index < -0.39 is 11.4 Å². The molecule has 104 valence electrons. The van der Waals surface area contributed by atoms with Crippen molar-refractivity contribution in [3.05, 3.63) is 29.8 Å². The Labute approximate surface area is 114 Å². The lowest BCUT2D eigenvalue weighted by molar-refractivity contribution is -0.145. The van der Waals surface area contributed by atoms with Gasteiger partial charge in [0, 0.05) is 0 Å². The van der Waals surface area contributed by atoms with Gasteiger partial charge in [0.15, 0.2) is 0 Å². The lowest BCUT2D eigenvalue weighted by atomic mass is 9.67. The van der Waals surface area contributed by atoms with Gasteiger partial charge in [0.2, 0.25) is 0 Å². The number of carbonyl (C=O) groups is 1. The molecule has 1 fully saturated rings. The first kappa shape index (κ1) is 13.9. The molecular formula is C16H22O3. The van der Waals surface area contributed by atoms with E-state index in [1.54, 1.807) is 0 Å². The predicted molar refractivity (Wildman–Crippen MR) is 74.6 cm³/mol. The van der Waals surface area contributed by atoms with Gasteiger partial charge < -0.3 is 9.84 Å². The van der Waals surface area contributed by atoms with E-state index in [2.05, 4.69) is 6.92 Å². The molecule has 1 aromatic rings. The van der Waals surface area contributed by atoms with Crippen LogP contribution in [-0.4, -0.2) is 17.7 Å². The quantitative estimate of drug-likeness (QED) is 0.901. The summed E-state index contributed by atoms with van der Waals surface area (Å²) in [6.07, 6.45) is 3.44. The number of benzene rings is 1. The van der Waals surface area contributed by atoms with E-state index in [0.717, 1.165) is 37.0 Å². The number of hydrogen-bond acceptors (Lipinski definition) is 2. The van der Waals surface area contributed by atoms with Gasteiger partial charge in [-0.1, -0.05) is 19.1 Å². The third-order valence-electron chi connectivity index (χ3n) is 4.26. The normalized spacial score (nSPS) is 26.9. The van der Waals surface area contributed by atoms with Crippen LogP contribution in [0.2, 0.25) is 0 Å². The van der Waals surface area contributed by atoms with Crippen LogP contribution in [0.25, 0.3) is 0 Å². The van der Waals surface area contributed by atoms with E-state index in [1.165, 1.54) is 0 Å². The minimum absolute atomic E-state index is 0.626. The van der Waals surface area contributed by atoms with Crippen molar-refractivity contribution in [1.82, 2.24) is 0 Å². The first-order valence-electron chi connectivity index (χ1n) is 7.05. The molecule has 0 aliphatic heterocycles. The minimum Gasteiger partial charge on any atom is -0.494 e. The van der Waals surface area contributed by atoms with Crippen molar-refractivity contribution < 1.29 is 14.6 Å². The molecule has 0 saturated heterocycles. The van der Waals surface area contributed by atoms with E-state index in [4.69, 9.17) is 4.74 Å². The van der Waals surface area contributed by atoms with E-state index >= 15 is 0 Å². The topological polar surface area (TPSA) is 46.5 Å². The molecule has 1 saturated carbocycles. The number of carboxylic acid groups (broad SMARTS) is 1. The van der Waals surface area contributed by atoms with E-state index in [0.29, 0.717) is 12.5 Å². The van der Waals surface area contributed by atoms with Crippen LogP contribution in [0.5, 0.6) is 5.75 Å². The Balaban J connectivity index is 2.26. The molecule has 1 aromatic carbocycles. The summed E-state index contributed by atoms with van der Waals surface area (Å²) < 4.78 is 5.41. The summed E-state index contributed by atoms with van der Waals surface area (Å²) in [4.78, 5) is 11.8. The summed E-state index contributed by atoms with van der Waals surface area (Å²) in [5.41, 5.74) is 0.215. The Kier molecular flexibility index (Phi) is 4.13. The van der Waals surface area contributed by atoms with Crippen molar-refractivity contribution in [3.63, 3.8) is 0 Å². The van der Waals surface area contributed by atoms with Crippen molar-refractivity contribution >= 4 is 5.97 Å². The highest BCUT2D eigenvalue weighted by Gasteiger charge is 2.42. The summed E-state index contributed by atoms with van der Waals surface area (Å²) in [6.45, 7) is 4.76. The predicted octanol–water partition coefficient (Wildman–Crippen LogP) is 3.62. The summed E-state index contributed by atoms with van der Waals surface area (Å²) in [5, 5.41) is 9.67. The lowest BCUT2D eigenvalue weighted by Crippen LogP contribution is -2.39. The summed E-state index contributed by atoms with van der Waals surface area (Å²) in [6, 6.07) is 7.58. The molecule has 0 atom stereocenters. The molecular weight excluding hydrogens is 240 g/mol. The van der Waals surface area contributed by atoms with Crippen LogP contribution in [0, 0.1) is 5.92 Å². The molecule has 0 aromatic heterocycles. The van der Waals surface area contributed by atoms with E-state index in [9.17, 15) is 9.90 Å². The second kappa shape index (κ2) is 5.64. The maximum absolute atomic E-state index is 11.8. The zero-order chi connectivity index (χ0) is 13.9. The highest BCUT2D eigenvalue weighted by Crippen LogP contribution is 2.42. The van der Waals surface area contributed by atoms with Gasteiger partial charge in [0.05, 0.1) is 12.0 Å². The highest BCUT2D eigenvalue weighted by molar-refractivity contribution is 5.81. The smallest absolute Gasteiger partial charge is 0.314 e. The van der Waals surface area contributed by atoms with Gasteiger partial charge >= 0.3 is 5.97 Å². The van der Waals surface area contributed by atoms with Crippen LogP contribution in [-0.2, 0) is 10.2 Å². The fourth-order valence-corrected chi connectivity index (χ4v) is 2.92. The van der Waals surface area contributed by atoms with Crippen LogP contribution in [0.3, 0.4) is 0 Å². The Hall–Kier alpha value is -1.51. The Bertz CT molecular complexity index is 428. The van der Waals surface area contributed by atoms with Gasteiger partial charge in [0.1, 0.15) is 5.75 Å².